The van der Waals surface area contributed by atoms with Crippen molar-refractivity contribution in [1.82, 2.24) is 14.0 Å². The van der Waals surface area contributed by atoms with E-state index < -0.39 is 0 Å². The molecule has 19 heavy (non-hydrogen) atoms. The van der Waals surface area contributed by atoms with E-state index in [9.17, 15) is 0 Å². The number of benzene rings is 1. The minimum Gasteiger partial charge on any atom is -0.289 e. The first-order valence-electron chi connectivity index (χ1n) is 6.34. The number of imidazole rings is 2. The van der Waals surface area contributed by atoms with Crippen LogP contribution in [0.1, 0.15) is 12.8 Å². The zero-order valence-electron chi connectivity index (χ0n) is 10.3. The van der Waals surface area contributed by atoms with E-state index in [2.05, 4.69) is 61.6 Å². The van der Waals surface area contributed by atoms with E-state index in [-0.39, 0.29) is 0 Å². The van der Waals surface area contributed by atoms with Crippen LogP contribution in [0.3, 0.4) is 0 Å². The summed E-state index contributed by atoms with van der Waals surface area (Å²) in [6, 6.07) is 8.23. The van der Waals surface area contributed by atoms with E-state index in [0.717, 1.165) is 34.1 Å². The Labute approximate surface area is 119 Å². The van der Waals surface area contributed by atoms with Gasteiger partial charge in [0.05, 0.1) is 11.0 Å². The number of fused-ring (bicyclic) bond motifs is 3. The second kappa shape index (κ2) is 4.10. The summed E-state index contributed by atoms with van der Waals surface area (Å²) in [7, 11) is 0. The smallest absolute Gasteiger partial charge is 0.219 e. The van der Waals surface area contributed by atoms with Crippen molar-refractivity contribution >= 4 is 38.4 Å². The first-order valence-corrected chi connectivity index (χ1v) is 7.13. The summed E-state index contributed by atoms with van der Waals surface area (Å²) in [5, 5.41) is 0. The Kier molecular flexibility index (Phi) is 2.38. The molecule has 2 heterocycles. The molecule has 4 heteroatoms. The standard InChI is InChI=1S/C15H12BrN3/c16-11-4-3-5-12(10-11)18-8-9-19-14-7-2-1-6-13(14)17-15(18)19/h1-2,4,6-10H,3,5H2. The fourth-order valence-electron chi connectivity index (χ4n) is 2.61. The first kappa shape index (κ1) is 11.1. The molecule has 0 saturated carbocycles. The number of hydrogen-bond acceptors (Lipinski definition) is 1. The van der Waals surface area contributed by atoms with Crippen LogP contribution in [0.15, 0.2) is 53.3 Å². The molecule has 0 bridgehead atoms. The van der Waals surface area contributed by atoms with Crippen molar-refractivity contribution in [1.29, 1.82) is 0 Å². The Morgan fingerprint density at radius 2 is 2.05 bits per heavy atom. The maximum absolute atomic E-state index is 4.73. The minimum atomic E-state index is 0.981. The molecule has 1 aliphatic rings. The third kappa shape index (κ3) is 1.67. The van der Waals surface area contributed by atoms with Crippen molar-refractivity contribution in [3.05, 3.63) is 53.3 Å². The van der Waals surface area contributed by atoms with Crippen molar-refractivity contribution in [2.45, 2.75) is 12.8 Å². The topological polar surface area (TPSA) is 22.2 Å². The van der Waals surface area contributed by atoms with Gasteiger partial charge in [0.2, 0.25) is 5.78 Å². The normalized spacial score (nSPS) is 15.8. The van der Waals surface area contributed by atoms with Crippen LogP contribution in [0, 0.1) is 0 Å². The molecule has 0 radical (unpaired) electrons. The lowest BCUT2D eigenvalue weighted by Gasteiger charge is -2.11. The molecular weight excluding hydrogens is 302 g/mol. The maximum Gasteiger partial charge on any atom is 0.219 e. The van der Waals surface area contributed by atoms with Crippen LogP contribution in [0.2, 0.25) is 0 Å². The molecule has 0 amide bonds. The molecular formula is C15H12BrN3. The molecule has 0 unspecified atom stereocenters. The molecule has 2 aromatic heterocycles. The summed E-state index contributed by atoms with van der Waals surface area (Å²) in [6.45, 7) is 0. The van der Waals surface area contributed by atoms with Crippen molar-refractivity contribution in [3.8, 4) is 0 Å². The van der Waals surface area contributed by atoms with Gasteiger partial charge in [-0.15, -0.1) is 0 Å². The Bertz CT molecular complexity index is 835. The molecule has 4 rings (SSSR count). The second-order valence-electron chi connectivity index (χ2n) is 4.70. The highest BCUT2D eigenvalue weighted by Crippen LogP contribution is 2.27. The lowest BCUT2D eigenvalue weighted by molar-refractivity contribution is 0.950. The van der Waals surface area contributed by atoms with Crippen molar-refractivity contribution in [2.24, 2.45) is 0 Å². The molecule has 0 atom stereocenters. The number of aromatic nitrogens is 3. The summed E-state index contributed by atoms with van der Waals surface area (Å²) in [5.74, 6) is 0.981. The van der Waals surface area contributed by atoms with Gasteiger partial charge >= 0.3 is 0 Å². The summed E-state index contributed by atoms with van der Waals surface area (Å²) in [6.07, 6.45) is 10.7. The van der Waals surface area contributed by atoms with Crippen LogP contribution < -0.4 is 0 Å². The van der Waals surface area contributed by atoms with E-state index in [1.54, 1.807) is 0 Å². The van der Waals surface area contributed by atoms with Crippen LogP contribution in [-0.2, 0) is 0 Å². The van der Waals surface area contributed by atoms with Gasteiger partial charge in [-0.1, -0.05) is 34.1 Å². The van der Waals surface area contributed by atoms with Gasteiger partial charge in [-0.3, -0.25) is 8.97 Å². The zero-order valence-corrected chi connectivity index (χ0v) is 11.8. The predicted octanol–water partition coefficient (Wildman–Crippen LogP) is 4.20. The number of hydrogen-bond donors (Lipinski definition) is 0. The number of allylic oxidation sites excluding steroid dienone is 4. The number of halogens is 1. The molecule has 0 saturated heterocycles. The lowest BCUT2D eigenvalue weighted by Crippen LogP contribution is -1.99. The van der Waals surface area contributed by atoms with Gasteiger partial charge in [-0.05, 0) is 31.1 Å². The summed E-state index contributed by atoms with van der Waals surface area (Å²) >= 11 is 3.56. The van der Waals surface area contributed by atoms with E-state index in [1.165, 1.54) is 5.70 Å². The van der Waals surface area contributed by atoms with E-state index in [1.807, 2.05) is 12.1 Å². The predicted molar refractivity (Wildman–Crippen MR) is 81.2 cm³/mol. The third-order valence-electron chi connectivity index (χ3n) is 3.51. The Balaban J connectivity index is 1.98. The molecule has 0 fully saturated rings. The van der Waals surface area contributed by atoms with Gasteiger partial charge in [0.15, 0.2) is 0 Å². The van der Waals surface area contributed by atoms with Crippen LogP contribution in [-0.4, -0.2) is 14.0 Å². The van der Waals surface area contributed by atoms with Crippen molar-refractivity contribution < 1.29 is 0 Å². The lowest BCUT2D eigenvalue weighted by atomic mass is 10.1. The minimum absolute atomic E-state index is 0.981. The van der Waals surface area contributed by atoms with Crippen LogP contribution >= 0.6 is 15.9 Å². The fraction of sp³-hybridized carbons (Fsp3) is 0.133. The highest BCUT2D eigenvalue weighted by molar-refractivity contribution is 9.11. The Hall–Kier alpha value is -1.81. The molecule has 1 aromatic carbocycles. The SMILES string of the molecule is BrC1=CCCC(n2ccn3c4ccccc4nc23)=C1. The summed E-state index contributed by atoms with van der Waals surface area (Å²) < 4.78 is 5.47. The largest absolute Gasteiger partial charge is 0.289 e. The van der Waals surface area contributed by atoms with E-state index in [0.29, 0.717) is 0 Å². The van der Waals surface area contributed by atoms with Crippen molar-refractivity contribution in [3.63, 3.8) is 0 Å². The highest BCUT2D eigenvalue weighted by atomic mass is 79.9. The summed E-state index contributed by atoms with van der Waals surface area (Å²) in [4.78, 5) is 4.73. The maximum atomic E-state index is 4.73. The average Bonchev–Trinajstić information content (AvgIpc) is 2.97. The molecule has 94 valence electrons. The average molecular weight is 314 g/mol. The number of para-hydroxylation sites is 2. The van der Waals surface area contributed by atoms with Gasteiger partial charge in [0, 0.05) is 22.6 Å². The Morgan fingerprint density at radius 3 is 2.95 bits per heavy atom. The van der Waals surface area contributed by atoms with Gasteiger partial charge in [-0.2, -0.15) is 0 Å². The van der Waals surface area contributed by atoms with E-state index in [4.69, 9.17) is 4.98 Å². The van der Waals surface area contributed by atoms with Crippen LogP contribution in [0.25, 0.3) is 22.5 Å². The zero-order chi connectivity index (χ0) is 12.8. The number of nitrogens with zero attached hydrogens (tertiary/aromatic N) is 3. The van der Waals surface area contributed by atoms with E-state index >= 15 is 0 Å². The third-order valence-corrected chi connectivity index (χ3v) is 4.06. The second-order valence-corrected chi connectivity index (χ2v) is 5.62. The molecule has 3 nitrogen and oxygen atoms in total. The molecule has 0 N–H and O–H groups in total. The monoisotopic (exact) mass is 313 g/mol. The first-order chi connectivity index (χ1) is 9.33. The van der Waals surface area contributed by atoms with Gasteiger partial charge in [0.1, 0.15) is 0 Å². The van der Waals surface area contributed by atoms with Gasteiger partial charge in [0.25, 0.3) is 0 Å². The number of rotatable bonds is 1. The van der Waals surface area contributed by atoms with Crippen LogP contribution in [0.4, 0.5) is 0 Å². The molecule has 1 aliphatic carbocycles. The summed E-state index contributed by atoms with van der Waals surface area (Å²) in [5.41, 5.74) is 3.47. The molecule has 0 spiro atoms. The fourth-order valence-corrected chi connectivity index (χ4v) is 3.10. The van der Waals surface area contributed by atoms with Gasteiger partial charge in [-0.25, -0.2) is 4.98 Å². The van der Waals surface area contributed by atoms with Gasteiger partial charge < -0.3 is 0 Å². The molecule has 3 aromatic rings. The molecule has 0 aliphatic heterocycles. The van der Waals surface area contributed by atoms with Crippen molar-refractivity contribution in [2.75, 3.05) is 0 Å². The highest BCUT2D eigenvalue weighted by Gasteiger charge is 2.12. The quantitative estimate of drug-likeness (QED) is 0.660. The van der Waals surface area contributed by atoms with Crippen LogP contribution in [0.5, 0.6) is 0 Å². The Morgan fingerprint density at radius 1 is 1.16 bits per heavy atom.